The number of hydrogen-bond acceptors (Lipinski definition) is 4. The minimum absolute atomic E-state index is 0.118. The van der Waals surface area contributed by atoms with E-state index in [-0.39, 0.29) is 11.3 Å². The Morgan fingerprint density at radius 3 is 2.64 bits per heavy atom. The molecular weight excluding hydrogens is 299 g/mol. The maximum atomic E-state index is 12.8. The Balaban J connectivity index is 2.44. The molecule has 0 saturated carbocycles. The van der Waals surface area contributed by atoms with Crippen LogP contribution in [0.1, 0.15) is 18.3 Å². The number of carbonyl (C=O) groups excluding carboxylic acids is 1. The fraction of sp³-hybridized carbons (Fsp3) is 0.308. The first-order valence-electron chi connectivity index (χ1n) is 6.46. The van der Waals surface area contributed by atoms with Gasteiger partial charge in [-0.3, -0.25) is 10.9 Å². The predicted molar refractivity (Wildman–Crippen MR) is 75.1 cm³/mol. The van der Waals surface area contributed by atoms with Crippen LogP contribution in [0.2, 0.25) is 0 Å². The number of aryl methyl sites for hydroxylation is 1. The lowest BCUT2D eigenvalue weighted by molar-refractivity contribution is -0.144. The van der Waals surface area contributed by atoms with Gasteiger partial charge < -0.3 is 5.32 Å². The maximum Gasteiger partial charge on any atom is 0.451 e. The van der Waals surface area contributed by atoms with Crippen molar-refractivity contribution in [2.24, 2.45) is 0 Å². The molecule has 0 spiro atoms. The molecule has 0 atom stereocenters. The smallest absolute Gasteiger partial charge is 0.337 e. The Labute approximate surface area is 124 Å². The Morgan fingerprint density at radius 1 is 1.27 bits per heavy atom. The third-order valence-corrected chi connectivity index (χ3v) is 2.74. The normalized spacial score (nSPS) is 11.3. The molecule has 3 N–H and O–H groups in total. The Morgan fingerprint density at radius 2 is 2.00 bits per heavy atom. The molecule has 0 fully saturated rings. The van der Waals surface area contributed by atoms with Crippen molar-refractivity contribution in [1.82, 2.24) is 20.7 Å². The second-order valence-electron chi connectivity index (χ2n) is 4.52. The molecule has 118 valence electrons. The van der Waals surface area contributed by atoms with Gasteiger partial charge in [0.05, 0.1) is 5.52 Å². The average Bonchev–Trinajstić information content (AvgIpc) is 2.44. The van der Waals surface area contributed by atoms with Gasteiger partial charge in [-0.15, -0.1) is 0 Å². The molecule has 1 heterocycles. The molecule has 9 heteroatoms. The SMILES string of the molecule is CCNC(=O)NNc1nc(C(F)(F)F)nc2ccc(C)cc12. The van der Waals surface area contributed by atoms with E-state index in [4.69, 9.17) is 0 Å². The zero-order chi connectivity index (χ0) is 16.3. The number of anilines is 1. The van der Waals surface area contributed by atoms with Crippen LogP contribution in [0.25, 0.3) is 10.9 Å². The molecule has 2 amide bonds. The molecule has 0 saturated heterocycles. The molecular formula is C13H14F3N5O. The topological polar surface area (TPSA) is 78.9 Å². The molecule has 0 aliphatic heterocycles. The first-order valence-corrected chi connectivity index (χ1v) is 6.46. The fourth-order valence-corrected chi connectivity index (χ4v) is 1.79. The van der Waals surface area contributed by atoms with Crippen molar-refractivity contribution in [3.63, 3.8) is 0 Å². The van der Waals surface area contributed by atoms with E-state index < -0.39 is 18.0 Å². The highest BCUT2D eigenvalue weighted by Crippen LogP contribution is 2.30. The first-order chi connectivity index (χ1) is 10.3. The summed E-state index contributed by atoms with van der Waals surface area (Å²) in [5.74, 6) is -1.39. The molecule has 0 unspecified atom stereocenters. The third kappa shape index (κ3) is 3.54. The first kappa shape index (κ1) is 15.8. The molecule has 2 aromatic rings. The lowest BCUT2D eigenvalue weighted by Gasteiger charge is -2.13. The van der Waals surface area contributed by atoms with Crippen LogP contribution in [0.15, 0.2) is 18.2 Å². The van der Waals surface area contributed by atoms with E-state index in [9.17, 15) is 18.0 Å². The van der Waals surface area contributed by atoms with Crippen molar-refractivity contribution in [2.45, 2.75) is 20.0 Å². The number of hydrogen-bond donors (Lipinski definition) is 3. The largest absolute Gasteiger partial charge is 0.451 e. The Hall–Kier alpha value is -2.58. The molecule has 6 nitrogen and oxygen atoms in total. The van der Waals surface area contributed by atoms with Crippen molar-refractivity contribution < 1.29 is 18.0 Å². The number of carbonyl (C=O) groups is 1. The standard InChI is InChI=1S/C13H14F3N5O/c1-3-17-12(22)21-20-10-8-6-7(2)4-5-9(8)18-11(19-10)13(14,15)16/h4-6H,3H2,1-2H3,(H2,17,21,22)(H,18,19,20). The number of benzene rings is 1. The number of amides is 2. The van der Waals surface area contributed by atoms with Crippen LogP contribution in [-0.4, -0.2) is 22.5 Å². The number of hydrazine groups is 1. The van der Waals surface area contributed by atoms with Gasteiger partial charge in [0.2, 0.25) is 5.82 Å². The minimum atomic E-state index is -4.68. The maximum absolute atomic E-state index is 12.8. The highest BCUT2D eigenvalue weighted by atomic mass is 19.4. The molecule has 1 aromatic heterocycles. The highest BCUT2D eigenvalue weighted by Gasteiger charge is 2.35. The summed E-state index contributed by atoms with van der Waals surface area (Å²) >= 11 is 0. The number of nitrogens with one attached hydrogen (secondary N) is 3. The van der Waals surface area contributed by atoms with Gasteiger partial charge in [-0.2, -0.15) is 13.2 Å². The van der Waals surface area contributed by atoms with Gasteiger partial charge in [0.25, 0.3) is 0 Å². The third-order valence-electron chi connectivity index (χ3n) is 2.74. The van der Waals surface area contributed by atoms with Crippen molar-refractivity contribution in [1.29, 1.82) is 0 Å². The van der Waals surface area contributed by atoms with Crippen LogP contribution in [-0.2, 0) is 6.18 Å². The van der Waals surface area contributed by atoms with Crippen LogP contribution in [0.3, 0.4) is 0 Å². The van der Waals surface area contributed by atoms with E-state index in [0.717, 1.165) is 5.56 Å². The van der Waals surface area contributed by atoms with Gasteiger partial charge in [-0.1, -0.05) is 11.6 Å². The van der Waals surface area contributed by atoms with E-state index in [0.29, 0.717) is 11.9 Å². The van der Waals surface area contributed by atoms with Crippen molar-refractivity contribution in [3.05, 3.63) is 29.6 Å². The number of aromatic nitrogens is 2. The number of rotatable bonds is 3. The summed E-state index contributed by atoms with van der Waals surface area (Å²) in [6.45, 7) is 3.88. The highest BCUT2D eigenvalue weighted by molar-refractivity contribution is 5.90. The second-order valence-corrected chi connectivity index (χ2v) is 4.52. The van der Waals surface area contributed by atoms with E-state index in [1.54, 1.807) is 26.0 Å². The lowest BCUT2D eigenvalue weighted by atomic mass is 10.1. The number of alkyl halides is 3. The Kier molecular flexibility index (Phi) is 4.34. The second kappa shape index (κ2) is 6.04. The number of halogens is 3. The van der Waals surface area contributed by atoms with Crippen molar-refractivity contribution in [2.75, 3.05) is 12.0 Å². The molecule has 1 aromatic carbocycles. The van der Waals surface area contributed by atoms with Gasteiger partial charge >= 0.3 is 12.2 Å². The average molecular weight is 313 g/mol. The summed E-state index contributed by atoms with van der Waals surface area (Å²) in [5, 5.41) is 2.82. The predicted octanol–water partition coefficient (Wildman–Crippen LogP) is 2.60. The zero-order valence-electron chi connectivity index (χ0n) is 11.9. The molecule has 2 rings (SSSR count). The van der Waals surface area contributed by atoms with E-state index >= 15 is 0 Å². The van der Waals surface area contributed by atoms with Gasteiger partial charge in [-0.25, -0.2) is 14.8 Å². The van der Waals surface area contributed by atoms with Crippen molar-refractivity contribution >= 4 is 22.8 Å². The summed E-state index contributed by atoms with van der Waals surface area (Å²) in [4.78, 5) is 18.3. The minimum Gasteiger partial charge on any atom is -0.337 e. The number of nitrogens with zero attached hydrogens (tertiary/aromatic N) is 2. The fourth-order valence-electron chi connectivity index (χ4n) is 1.79. The summed E-state index contributed by atoms with van der Waals surface area (Å²) in [6.07, 6.45) is -4.68. The van der Waals surface area contributed by atoms with E-state index in [1.807, 2.05) is 0 Å². The number of fused-ring (bicyclic) bond motifs is 1. The zero-order valence-corrected chi connectivity index (χ0v) is 11.9. The Bertz CT molecular complexity index is 702. The van der Waals surface area contributed by atoms with E-state index in [2.05, 4.69) is 26.1 Å². The summed E-state index contributed by atoms with van der Waals surface area (Å²) < 4.78 is 38.5. The summed E-state index contributed by atoms with van der Waals surface area (Å²) in [7, 11) is 0. The van der Waals surface area contributed by atoms with Gasteiger partial charge in [0.15, 0.2) is 5.82 Å². The van der Waals surface area contributed by atoms with Crippen LogP contribution < -0.4 is 16.2 Å². The van der Waals surface area contributed by atoms with E-state index in [1.165, 1.54) is 6.07 Å². The molecule has 0 aliphatic rings. The number of urea groups is 1. The molecule has 0 radical (unpaired) electrons. The van der Waals surface area contributed by atoms with Crippen LogP contribution in [0.5, 0.6) is 0 Å². The van der Waals surface area contributed by atoms with Crippen LogP contribution in [0, 0.1) is 6.92 Å². The molecule has 0 bridgehead atoms. The summed E-state index contributed by atoms with van der Waals surface area (Å²) in [5.41, 5.74) is 5.59. The van der Waals surface area contributed by atoms with Crippen molar-refractivity contribution in [3.8, 4) is 0 Å². The van der Waals surface area contributed by atoms with Gasteiger partial charge in [-0.05, 0) is 26.0 Å². The lowest BCUT2D eigenvalue weighted by Crippen LogP contribution is -2.39. The van der Waals surface area contributed by atoms with Gasteiger partial charge in [0, 0.05) is 11.9 Å². The monoisotopic (exact) mass is 313 g/mol. The molecule has 22 heavy (non-hydrogen) atoms. The van der Waals surface area contributed by atoms with Gasteiger partial charge in [0.1, 0.15) is 0 Å². The quantitative estimate of drug-likeness (QED) is 0.761. The summed E-state index contributed by atoms with van der Waals surface area (Å²) in [6, 6.07) is 4.18. The molecule has 0 aliphatic carbocycles. The van der Waals surface area contributed by atoms with Crippen LogP contribution >= 0.6 is 0 Å². The van der Waals surface area contributed by atoms with Crippen LogP contribution in [0.4, 0.5) is 23.8 Å².